The number of furan rings is 2. The zero-order valence-electron chi connectivity index (χ0n) is 14.0. The van der Waals surface area contributed by atoms with E-state index in [1.165, 1.54) is 0 Å². The summed E-state index contributed by atoms with van der Waals surface area (Å²) in [6.07, 6.45) is 6.50. The first kappa shape index (κ1) is 16.0. The van der Waals surface area contributed by atoms with Gasteiger partial charge in [0.05, 0.1) is 43.1 Å². The lowest BCUT2D eigenvalue weighted by Gasteiger charge is -2.19. The zero-order valence-corrected chi connectivity index (χ0v) is 14.0. The first-order valence-electron chi connectivity index (χ1n) is 8.24. The number of benzene rings is 1. The van der Waals surface area contributed by atoms with Crippen molar-refractivity contribution < 1.29 is 13.6 Å². The molecule has 6 heteroatoms. The van der Waals surface area contributed by atoms with Crippen LogP contribution in [0, 0.1) is 0 Å². The highest BCUT2D eigenvalue weighted by Gasteiger charge is 2.20. The van der Waals surface area contributed by atoms with E-state index in [9.17, 15) is 4.79 Å². The molecular formula is C20H17N3O3. The number of nitrogens with zero attached hydrogens (tertiary/aromatic N) is 3. The largest absolute Gasteiger partial charge is 0.467 e. The Labute approximate surface area is 150 Å². The van der Waals surface area contributed by atoms with Crippen LogP contribution in [-0.2, 0) is 13.1 Å². The van der Waals surface area contributed by atoms with Crippen molar-refractivity contribution in [3.63, 3.8) is 0 Å². The molecule has 26 heavy (non-hydrogen) atoms. The lowest BCUT2D eigenvalue weighted by molar-refractivity contribution is 0.0705. The van der Waals surface area contributed by atoms with Gasteiger partial charge in [0.15, 0.2) is 0 Å². The highest BCUT2D eigenvalue weighted by Crippen LogP contribution is 2.16. The van der Waals surface area contributed by atoms with Crippen LogP contribution < -0.4 is 0 Å². The zero-order chi connectivity index (χ0) is 17.8. The van der Waals surface area contributed by atoms with E-state index >= 15 is 0 Å². The van der Waals surface area contributed by atoms with Crippen molar-refractivity contribution in [2.75, 3.05) is 0 Å². The van der Waals surface area contributed by atoms with Crippen LogP contribution in [0.25, 0.3) is 5.69 Å². The van der Waals surface area contributed by atoms with E-state index in [0.29, 0.717) is 30.2 Å². The summed E-state index contributed by atoms with van der Waals surface area (Å²) in [5, 5.41) is 4.31. The van der Waals surface area contributed by atoms with Crippen molar-refractivity contribution >= 4 is 5.91 Å². The minimum atomic E-state index is -0.139. The molecule has 0 N–H and O–H groups in total. The highest BCUT2D eigenvalue weighted by atomic mass is 16.3. The van der Waals surface area contributed by atoms with Gasteiger partial charge in [-0.05, 0) is 36.4 Å². The van der Waals surface area contributed by atoms with Gasteiger partial charge in [0, 0.05) is 6.20 Å². The van der Waals surface area contributed by atoms with Crippen molar-refractivity contribution in [3.05, 3.63) is 96.6 Å². The maximum atomic E-state index is 13.0. The average molecular weight is 347 g/mol. The lowest BCUT2D eigenvalue weighted by Crippen LogP contribution is -2.29. The number of hydrogen-bond acceptors (Lipinski definition) is 4. The number of hydrogen-bond donors (Lipinski definition) is 0. The molecule has 0 radical (unpaired) electrons. The van der Waals surface area contributed by atoms with Crippen LogP contribution in [0.2, 0.25) is 0 Å². The molecular weight excluding hydrogens is 330 g/mol. The van der Waals surface area contributed by atoms with E-state index in [0.717, 1.165) is 5.69 Å². The van der Waals surface area contributed by atoms with E-state index in [2.05, 4.69) is 5.10 Å². The van der Waals surface area contributed by atoms with Gasteiger partial charge >= 0.3 is 0 Å². The fourth-order valence-corrected chi connectivity index (χ4v) is 2.72. The summed E-state index contributed by atoms with van der Waals surface area (Å²) in [4.78, 5) is 14.7. The maximum Gasteiger partial charge on any atom is 0.257 e. The molecule has 0 atom stereocenters. The third-order valence-electron chi connectivity index (χ3n) is 3.99. The van der Waals surface area contributed by atoms with Gasteiger partial charge in [-0.25, -0.2) is 4.68 Å². The molecule has 0 saturated heterocycles. The van der Waals surface area contributed by atoms with Gasteiger partial charge in [0.2, 0.25) is 0 Å². The van der Waals surface area contributed by atoms with E-state index in [1.54, 1.807) is 46.6 Å². The molecule has 4 aromatic rings. The summed E-state index contributed by atoms with van der Waals surface area (Å²) in [5.74, 6) is 1.28. The standard InChI is InChI=1S/C20H17N3O3/c24-20(16-12-21-23(13-16)17-6-2-1-3-7-17)22(14-18-8-4-10-25-18)15-19-9-5-11-26-19/h1-13H,14-15H2. The molecule has 1 aromatic carbocycles. The number of rotatable bonds is 6. The SMILES string of the molecule is O=C(c1cnn(-c2ccccc2)c1)N(Cc1ccco1)Cc1ccco1. The van der Waals surface area contributed by atoms with Gasteiger partial charge in [0.1, 0.15) is 11.5 Å². The van der Waals surface area contributed by atoms with Crippen LogP contribution in [0.1, 0.15) is 21.9 Å². The quantitative estimate of drug-likeness (QED) is 0.531. The van der Waals surface area contributed by atoms with E-state index in [-0.39, 0.29) is 5.91 Å². The van der Waals surface area contributed by atoms with Crippen LogP contribution in [0.4, 0.5) is 0 Å². The topological polar surface area (TPSA) is 64.4 Å². The molecule has 0 unspecified atom stereocenters. The predicted molar refractivity (Wildman–Crippen MR) is 94.6 cm³/mol. The maximum absolute atomic E-state index is 13.0. The second-order valence-corrected chi connectivity index (χ2v) is 5.83. The van der Waals surface area contributed by atoms with Gasteiger partial charge in [-0.3, -0.25) is 4.79 Å². The van der Waals surface area contributed by atoms with Gasteiger partial charge in [-0.2, -0.15) is 5.10 Å². The summed E-state index contributed by atoms with van der Waals surface area (Å²) < 4.78 is 12.5. The van der Waals surface area contributed by atoms with E-state index < -0.39 is 0 Å². The second-order valence-electron chi connectivity index (χ2n) is 5.83. The van der Waals surface area contributed by atoms with Crippen LogP contribution in [0.3, 0.4) is 0 Å². The Bertz CT molecular complexity index is 921. The Morgan fingerprint density at radius 3 is 2.15 bits per heavy atom. The molecule has 0 aliphatic carbocycles. The fourth-order valence-electron chi connectivity index (χ4n) is 2.72. The Balaban J connectivity index is 1.58. The second kappa shape index (κ2) is 7.14. The Morgan fingerprint density at radius 1 is 0.923 bits per heavy atom. The van der Waals surface area contributed by atoms with Gasteiger partial charge < -0.3 is 13.7 Å². The fraction of sp³-hybridized carbons (Fsp3) is 0.100. The summed E-state index contributed by atoms with van der Waals surface area (Å²) in [5.41, 5.74) is 1.40. The van der Waals surface area contributed by atoms with Crippen molar-refractivity contribution in [2.24, 2.45) is 0 Å². The summed E-state index contributed by atoms with van der Waals surface area (Å²) in [7, 11) is 0. The minimum absolute atomic E-state index is 0.139. The molecule has 4 rings (SSSR count). The predicted octanol–water partition coefficient (Wildman–Crippen LogP) is 3.90. The highest BCUT2D eigenvalue weighted by molar-refractivity contribution is 5.93. The van der Waals surface area contributed by atoms with Crippen LogP contribution in [0.5, 0.6) is 0 Å². The van der Waals surface area contributed by atoms with Crippen LogP contribution in [-0.4, -0.2) is 20.6 Å². The molecule has 3 heterocycles. The molecule has 0 fully saturated rings. The molecule has 6 nitrogen and oxygen atoms in total. The van der Waals surface area contributed by atoms with Gasteiger partial charge in [-0.15, -0.1) is 0 Å². The minimum Gasteiger partial charge on any atom is -0.467 e. The van der Waals surface area contributed by atoms with E-state index in [1.807, 2.05) is 42.5 Å². The molecule has 1 amide bonds. The van der Waals surface area contributed by atoms with Crippen LogP contribution >= 0.6 is 0 Å². The number of carbonyl (C=O) groups excluding carboxylic acids is 1. The third-order valence-corrected chi connectivity index (χ3v) is 3.99. The Kier molecular flexibility index (Phi) is 4.38. The molecule has 130 valence electrons. The van der Waals surface area contributed by atoms with Crippen molar-refractivity contribution in [1.29, 1.82) is 0 Å². The van der Waals surface area contributed by atoms with Crippen molar-refractivity contribution in [3.8, 4) is 5.69 Å². The monoisotopic (exact) mass is 347 g/mol. The van der Waals surface area contributed by atoms with Gasteiger partial charge in [-0.1, -0.05) is 18.2 Å². The van der Waals surface area contributed by atoms with Crippen molar-refractivity contribution in [2.45, 2.75) is 13.1 Å². The molecule has 0 spiro atoms. The molecule has 0 aliphatic rings. The summed E-state index contributed by atoms with van der Waals surface area (Å²) >= 11 is 0. The van der Waals surface area contributed by atoms with Crippen LogP contribution in [0.15, 0.2) is 88.4 Å². The Morgan fingerprint density at radius 2 is 1.58 bits per heavy atom. The normalized spacial score (nSPS) is 10.8. The first-order valence-corrected chi connectivity index (χ1v) is 8.24. The van der Waals surface area contributed by atoms with Crippen molar-refractivity contribution in [1.82, 2.24) is 14.7 Å². The van der Waals surface area contributed by atoms with E-state index in [4.69, 9.17) is 8.83 Å². The summed E-state index contributed by atoms with van der Waals surface area (Å²) in [6, 6.07) is 17.0. The third kappa shape index (κ3) is 3.44. The number of amides is 1. The number of aromatic nitrogens is 2. The lowest BCUT2D eigenvalue weighted by atomic mass is 10.2. The summed E-state index contributed by atoms with van der Waals surface area (Å²) in [6.45, 7) is 0.700. The van der Waals surface area contributed by atoms with Gasteiger partial charge in [0.25, 0.3) is 5.91 Å². The molecule has 0 bridgehead atoms. The molecule has 0 aliphatic heterocycles. The smallest absolute Gasteiger partial charge is 0.257 e. The average Bonchev–Trinajstić information content (AvgIpc) is 3.44. The molecule has 0 saturated carbocycles. The first-order chi connectivity index (χ1) is 12.8. The number of carbonyl (C=O) groups is 1. The number of para-hydroxylation sites is 1. The molecule has 3 aromatic heterocycles. The Hall–Kier alpha value is -3.54.